The van der Waals surface area contributed by atoms with Crippen LogP contribution in [0.5, 0.6) is 0 Å². The van der Waals surface area contributed by atoms with Crippen LogP contribution in [0.1, 0.15) is 18.5 Å². The second-order valence-corrected chi connectivity index (χ2v) is 3.17. The van der Waals surface area contributed by atoms with Gasteiger partial charge in [0, 0.05) is 0 Å². The van der Waals surface area contributed by atoms with Crippen LogP contribution in [0.2, 0.25) is 0 Å². The summed E-state index contributed by atoms with van der Waals surface area (Å²) < 4.78 is 0. The number of thiophene rings is 1. The van der Waals surface area contributed by atoms with Gasteiger partial charge in [0.15, 0.2) is 5.78 Å². The number of hydrogen-bond acceptors (Lipinski definition) is 3. The Morgan fingerprint density at radius 3 is 2.82 bits per heavy atom. The molecule has 3 heteroatoms. The van der Waals surface area contributed by atoms with E-state index < -0.39 is 0 Å². The Balaban J connectivity index is 2.79. The van der Waals surface area contributed by atoms with E-state index in [1.165, 1.54) is 0 Å². The average Bonchev–Trinajstić information content (AvgIpc) is 2.40. The second-order valence-electron chi connectivity index (χ2n) is 2.39. The monoisotopic (exact) mass is 169 g/mol. The number of nitrogens with one attached hydrogen (secondary N) is 1. The summed E-state index contributed by atoms with van der Waals surface area (Å²) in [6.45, 7) is 1.60. The van der Waals surface area contributed by atoms with Crippen molar-refractivity contribution in [2.24, 2.45) is 0 Å². The average molecular weight is 169 g/mol. The van der Waals surface area contributed by atoms with Crippen molar-refractivity contribution in [1.29, 1.82) is 0 Å². The number of carbonyl (C=O) groups excluding carboxylic acids is 1. The molecule has 1 aromatic rings. The van der Waals surface area contributed by atoms with Crippen LogP contribution in [0.4, 0.5) is 0 Å². The predicted octanol–water partition coefficient (Wildman–Crippen LogP) is 1.60. The lowest BCUT2D eigenvalue weighted by Crippen LogP contribution is -2.22. The van der Waals surface area contributed by atoms with Gasteiger partial charge in [0.2, 0.25) is 0 Å². The van der Waals surface area contributed by atoms with Crippen LogP contribution in [0.15, 0.2) is 16.8 Å². The fourth-order valence-electron chi connectivity index (χ4n) is 1.04. The van der Waals surface area contributed by atoms with Gasteiger partial charge < -0.3 is 5.32 Å². The van der Waals surface area contributed by atoms with Crippen LogP contribution in [0, 0.1) is 0 Å². The number of Topliss-reactive ketones (excluding diaryl/α,β-unsaturated/α-hetero) is 1. The quantitative estimate of drug-likeness (QED) is 0.744. The maximum absolute atomic E-state index is 11.0. The molecule has 0 radical (unpaired) electrons. The molecule has 0 bridgehead atoms. The van der Waals surface area contributed by atoms with E-state index in [1.807, 2.05) is 16.8 Å². The van der Waals surface area contributed by atoms with Gasteiger partial charge in [-0.2, -0.15) is 11.3 Å². The molecule has 0 saturated heterocycles. The lowest BCUT2D eigenvalue weighted by molar-refractivity contribution is -0.118. The smallest absolute Gasteiger partial charge is 0.151 e. The van der Waals surface area contributed by atoms with E-state index in [1.54, 1.807) is 25.3 Å². The summed E-state index contributed by atoms with van der Waals surface area (Å²) in [6, 6.07) is 1.84. The van der Waals surface area contributed by atoms with E-state index in [0.717, 1.165) is 5.56 Å². The molecule has 0 aromatic carbocycles. The Morgan fingerprint density at radius 2 is 2.45 bits per heavy atom. The summed E-state index contributed by atoms with van der Waals surface area (Å²) in [4.78, 5) is 11.0. The van der Waals surface area contributed by atoms with Crippen molar-refractivity contribution in [3.63, 3.8) is 0 Å². The summed E-state index contributed by atoms with van der Waals surface area (Å²) in [6.07, 6.45) is 0. The standard InChI is InChI=1S/C8H11NOS/c1-6(10)8(9-2)7-3-4-11-5-7/h3-5,8-9H,1-2H3. The minimum Gasteiger partial charge on any atom is -0.307 e. The number of rotatable bonds is 3. The zero-order valence-corrected chi connectivity index (χ0v) is 7.44. The number of ketones is 1. The molecule has 1 aromatic heterocycles. The fraction of sp³-hybridized carbons (Fsp3) is 0.375. The third-order valence-corrected chi connectivity index (χ3v) is 2.27. The predicted molar refractivity (Wildman–Crippen MR) is 46.8 cm³/mol. The first-order chi connectivity index (χ1) is 5.25. The maximum Gasteiger partial charge on any atom is 0.151 e. The molecule has 2 nitrogen and oxygen atoms in total. The minimum atomic E-state index is -0.124. The van der Waals surface area contributed by atoms with E-state index in [9.17, 15) is 4.79 Å². The lowest BCUT2D eigenvalue weighted by atomic mass is 10.1. The SMILES string of the molecule is CNC(C(C)=O)c1ccsc1. The van der Waals surface area contributed by atoms with Crippen LogP contribution in [0.3, 0.4) is 0 Å². The molecule has 60 valence electrons. The molecule has 1 atom stereocenters. The zero-order chi connectivity index (χ0) is 8.27. The summed E-state index contributed by atoms with van der Waals surface area (Å²) in [7, 11) is 1.80. The number of hydrogen-bond donors (Lipinski definition) is 1. The van der Waals surface area contributed by atoms with Gasteiger partial charge in [-0.25, -0.2) is 0 Å². The fourth-order valence-corrected chi connectivity index (χ4v) is 1.73. The highest BCUT2D eigenvalue weighted by Crippen LogP contribution is 2.16. The van der Waals surface area contributed by atoms with Crippen molar-refractivity contribution in [2.75, 3.05) is 7.05 Å². The molecule has 1 N–H and O–H groups in total. The Morgan fingerprint density at radius 1 is 1.73 bits per heavy atom. The van der Waals surface area contributed by atoms with E-state index in [-0.39, 0.29) is 11.8 Å². The van der Waals surface area contributed by atoms with Crippen LogP contribution in [0.25, 0.3) is 0 Å². The normalized spacial score (nSPS) is 12.9. The first-order valence-corrected chi connectivity index (χ1v) is 4.40. The Kier molecular flexibility index (Phi) is 2.79. The van der Waals surface area contributed by atoms with E-state index in [4.69, 9.17) is 0 Å². The summed E-state index contributed by atoms with van der Waals surface area (Å²) in [5, 5.41) is 6.92. The van der Waals surface area contributed by atoms with E-state index >= 15 is 0 Å². The van der Waals surface area contributed by atoms with Gasteiger partial charge in [-0.1, -0.05) is 0 Å². The van der Waals surface area contributed by atoms with Crippen molar-refractivity contribution < 1.29 is 4.79 Å². The lowest BCUT2D eigenvalue weighted by Gasteiger charge is -2.09. The molecule has 0 fully saturated rings. The van der Waals surface area contributed by atoms with Crippen LogP contribution in [-0.2, 0) is 4.79 Å². The third kappa shape index (κ3) is 1.88. The molecule has 0 spiro atoms. The Labute approximate surface area is 70.2 Å². The highest BCUT2D eigenvalue weighted by Gasteiger charge is 2.13. The summed E-state index contributed by atoms with van der Waals surface area (Å²) in [5.74, 6) is 0.158. The highest BCUT2D eigenvalue weighted by molar-refractivity contribution is 7.08. The molecular formula is C8H11NOS. The molecular weight excluding hydrogens is 158 g/mol. The second kappa shape index (κ2) is 3.64. The van der Waals surface area contributed by atoms with Gasteiger partial charge in [0.1, 0.15) is 0 Å². The van der Waals surface area contributed by atoms with Gasteiger partial charge in [-0.15, -0.1) is 0 Å². The maximum atomic E-state index is 11.0. The van der Waals surface area contributed by atoms with Gasteiger partial charge in [-0.3, -0.25) is 4.79 Å². The third-order valence-electron chi connectivity index (χ3n) is 1.57. The van der Waals surface area contributed by atoms with Crippen molar-refractivity contribution in [3.05, 3.63) is 22.4 Å². The van der Waals surface area contributed by atoms with Crippen molar-refractivity contribution in [1.82, 2.24) is 5.32 Å². The first-order valence-electron chi connectivity index (χ1n) is 3.45. The molecule has 1 unspecified atom stereocenters. The number of likely N-dealkylation sites (N-methyl/N-ethyl adjacent to an activating group) is 1. The topological polar surface area (TPSA) is 29.1 Å². The van der Waals surface area contributed by atoms with Crippen molar-refractivity contribution in [3.8, 4) is 0 Å². The van der Waals surface area contributed by atoms with Gasteiger partial charge >= 0.3 is 0 Å². The van der Waals surface area contributed by atoms with Crippen LogP contribution < -0.4 is 5.32 Å². The first kappa shape index (κ1) is 8.43. The Hall–Kier alpha value is -0.670. The molecule has 0 amide bonds. The molecule has 1 rings (SSSR count). The molecule has 0 saturated carbocycles. The summed E-state index contributed by atoms with van der Waals surface area (Å²) in [5.41, 5.74) is 1.06. The summed E-state index contributed by atoms with van der Waals surface area (Å²) >= 11 is 1.61. The van der Waals surface area contributed by atoms with Gasteiger partial charge in [-0.05, 0) is 36.4 Å². The molecule has 0 aliphatic carbocycles. The van der Waals surface area contributed by atoms with Crippen LogP contribution >= 0.6 is 11.3 Å². The van der Waals surface area contributed by atoms with Gasteiger partial charge in [0.05, 0.1) is 6.04 Å². The molecule has 1 heterocycles. The van der Waals surface area contributed by atoms with Crippen LogP contribution in [-0.4, -0.2) is 12.8 Å². The molecule has 0 aliphatic heterocycles. The number of carbonyl (C=O) groups is 1. The van der Waals surface area contributed by atoms with Crippen molar-refractivity contribution in [2.45, 2.75) is 13.0 Å². The van der Waals surface area contributed by atoms with Crippen molar-refractivity contribution >= 4 is 17.1 Å². The molecule has 11 heavy (non-hydrogen) atoms. The molecule has 0 aliphatic rings. The van der Waals surface area contributed by atoms with E-state index in [0.29, 0.717) is 0 Å². The largest absolute Gasteiger partial charge is 0.307 e. The zero-order valence-electron chi connectivity index (χ0n) is 6.63. The highest BCUT2D eigenvalue weighted by atomic mass is 32.1. The Bertz CT molecular complexity index is 230. The van der Waals surface area contributed by atoms with E-state index in [2.05, 4.69) is 5.32 Å². The van der Waals surface area contributed by atoms with Gasteiger partial charge in [0.25, 0.3) is 0 Å². The minimum absolute atomic E-state index is 0.124.